The van der Waals surface area contributed by atoms with Crippen LogP contribution in [0, 0.1) is 0 Å². The zero-order valence-corrected chi connectivity index (χ0v) is 17.5. The van der Waals surface area contributed by atoms with Crippen LogP contribution >= 0.6 is 12.6 Å². The van der Waals surface area contributed by atoms with Crippen molar-refractivity contribution in [3.05, 3.63) is 0 Å². The van der Waals surface area contributed by atoms with Gasteiger partial charge in [0.1, 0.15) is 18.1 Å². The maximum atomic E-state index is 12.7. The summed E-state index contributed by atoms with van der Waals surface area (Å²) < 4.78 is 0. The van der Waals surface area contributed by atoms with Crippen LogP contribution in [-0.2, 0) is 28.8 Å². The van der Waals surface area contributed by atoms with E-state index in [0.717, 1.165) is 0 Å². The summed E-state index contributed by atoms with van der Waals surface area (Å²) in [5, 5.41) is 22.6. The summed E-state index contributed by atoms with van der Waals surface area (Å²) in [7, 11) is 0. The Bertz CT molecular complexity index is 733. The van der Waals surface area contributed by atoms with Gasteiger partial charge in [-0.25, -0.2) is 4.79 Å². The minimum absolute atomic E-state index is 0.168. The molecule has 13 nitrogen and oxygen atoms in total. The Morgan fingerprint density at radius 3 is 2.26 bits per heavy atom. The SMILES string of the molecule is NC(=O)CCC(NC(=O)C(CS)NC(=O)C1CCCN1C(=O)C(N)CC(=O)O)C(=O)O. The first kappa shape index (κ1) is 26.2. The second-order valence-electron chi connectivity index (χ2n) is 7.04. The van der Waals surface area contributed by atoms with E-state index in [-0.39, 0.29) is 31.6 Å². The number of carbonyl (C=O) groups is 6. The van der Waals surface area contributed by atoms with Crippen molar-refractivity contribution >= 4 is 48.2 Å². The lowest BCUT2D eigenvalue weighted by atomic mass is 10.1. The van der Waals surface area contributed by atoms with Gasteiger partial charge in [0.2, 0.25) is 23.6 Å². The Kier molecular flexibility index (Phi) is 10.2. The number of likely N-dealkylation sites (tertiary alicyclic amines) is 1. The van der Waals surface area contributed by atoms with Crippen molar-refractivity contribution in [2.24, 2.45) is 11.5 Å². The average Bonchev–Trinajstić information content (AvgIpc) is 3.17. The van der Waals surface area contributed by atoms with E-state index >= 15 is 0 Å². The molecule has 0 bridgehead atoms. The minimum atomic E-state index is -1.39. The molecular weight excluding hydrogens is 434 g/mol. The van der Waals surface area contributed by atoms with Crippen LogP contribution in [0.4, 0.5) is 0 Å². The summed E-state index contributed by atoms with van der Waals surface area (Å²) in [6.07, 6.45) is -0.307. The smallest absolute Gasteiger partial charge is 0.326 e. The summed E-state index contributed by atoms with van der Waals surface area (Å²) in [6.45, 7) is 0.205. The third-order valence-electron chi connectivity index (χ3n) is 4.66. The number of nitrogens with zero attached hydrogens (tertiary/aromatic N) is 1. The van der Waals surface area contributed by atoms with Gasteiger partial charge in [-0.05, 0) is 19.3 Å². The van der Waals surface area contributed by atoms with Crippen LogP contribution in [0.5, 0.6) is 0 Å². The van der Waals surface area contributed by atoms with Gasteiger partial charge in [0, 0.05) is 18.7 Å². The van der Waals surface area contributed by atoms with Crippen LogP contribution in [0.1, 0.15) is 32.1 Å². The molecule has 1 aliphatic heterocycles. The van der Waals surface area contributed by atoms with E-state index < -0.39 is 66.2 Å². The molecule has 4 unspecified atom stereocenters. The van der Waals surface area contributed by atoms with Crippen molar-refractivity contribution in [1.82, 2.24) is 15.5 Å². The third-order valence-corrected chi connectivity index (χ3v) is 5.02. The fourth-order valence-electron chi connectivity index (χ4n) is 3.07. The van der Waals surface area contributed by atoms with Crippen LogP contribution in [-0.4, -0.2) is 87.1 Å². The minimum Gasteiger partial charge on any atom is -0.481 e. The normalized spacial score (nSPS) is 18.5. The van der Waals surface area contributed by atoms with Gasteiger partial charge >= 0.3 is 11.9 Å². The van der Waals surface area contributed by atoms with E-state index in [1.165, 1.54) is 4.90 Å². The highest BCUT2D eigenvalue weighted by Gasteiger charge is 2.38. The molecule has 0 aromatic rings. The van der Waals surface area contributed by atoms with Crippen molar-refractivity contribution in [1.29, 1.82) is 0 Å². The molecule has 0 aliphatic carbocycles. The molecule has 4 amide bonds. The van der Waals surface area contributed by atoms with Gasteiger partial charge in [0.25, 0.3) is 0 Å². The number of amides is 4. The topological polar surface area (TPSA) is 222 Å². The highest BCUT2D eigenvalue weighted by atomic mass is 32.1. The van der Waals surface area contributed by atoms with Crippen LogP contribution in [0.3, 0.4) is 0 Å². The molecule has 0 aromatic heterocycles. The summed E-state index contributed by atoms with van der Waals surface area (Å²) in [4.78, 5) is 71.5. The highest BCUT2D eigenvalue weighted by Crippen LogP contribution is 2.19. The van der Waals surface area contributed by atoms with Crippen LogP contribution < -0.4 is 22.1 Å². The Balaban J connectivity index is 2.78. The summed E-state index contributed by atoms with van der Waals surface area (Å²) in [5.74, 6) is -5.73. The molecule has 1 fully saturated rings. The van der Waals surface area contributed by atoms with Crippen LogP contribution in [0.15, 0.2) is 0 Å². The number of aliphatic carboxylic acids is 2. The monoisotopic (exact) mass is 461 g/mol. The molecule has 1 saturated heterocycles. The van der Waals surface area contributed by atoms with E-state index in [0.29, 0.717) is 6.42 Å². The van der Waals surface area contributed by atoms with Gasteiger partial charge in [-0.3, -0.25) is 24.0 Å². The summed E-state index contributed by atoms with van der Waals surface area (Å²) in [6, 6.07) is -4.86. The summed E-state index contributed by atoms with van der Waals surface area (Å²) in [5.41, 5.74) is 10.6. The van der Waals surface area contributed by atoms with E-state index in [9.17, 15) is 33.9 Å². The van der Waals surface area contributed by atoms with Crippen molar-refractivity contribution in [3.63, 3.8) is 0 Å². The maximum absolute atomic E-state index is 12.7. The zero-order chi connectivity index (χ0) is 23.7. The van der Waals surface area contributed by atoms with Crippen LogP contribution in [0.2, 0.25) is 0 Å². The number of carboxylic acid groups (broad SMARTS) is 2. The molecule has 14 heteroatoms. The van der Waals surface area contributed by atoms with Crippen molar-refractivity contribution in [3.8, 4) is 0 Å². The fraction of sp³-hybridized carbons (Fsp3) is 0.647. The quantitative estimate of drug-likeness (QED) is 0.147. The van der Waals surface area contributed by atoms with E-state index in [1.54, 1.807) is 0 Å². The molecule has 0 spiro atoms. The Labute approximate surface area is 183 Å². The number of thiol groups is 1. The second kappa shape index (κ2) is 12.1. The predicted molar refractivity (Wildman–Crippen MR) is 109 cm³/mol. The molecular formula is C17H27N5O8S. The van der Waals surface area contributed by atoms with Crippen molar-refractivity contribution in [2.45, 2.75) is 56.3 Å². The number of nitrogens with one attached hydrogen (secondary N) is 2. The summed E-state index contributed by atoms with van der Waals surface area (Å²) >= 11 is 4.00. The first-order chi connectivity index (χ1) is 14.5. The van der Waals surface area contributed by atoms with E-state index in [1.807, 2.05) is 0 Å². The third kappa shape index (κ3) is 8.05. The Morgan fingerprint density at radius 1 is 1.10 bits per heavy atom. The standard InChI is InChI=1S/C17H27N5O8S/c18-8(6-13(24)25)16(28)22-5-1-2-11(22)15(27)21-10(7-31)14(26)20-9(17(29)30)3-4-12(19)23/h8-11,31H,1-7,18H2,(H2,19,23)(H,20,26)(H,21,27)(H,24,25)(H,29,30). The van der Waals surface area contributed by atoms with E-state index in [4.69, 9.17) is 16.6 Å². The number of nitrogens with two attached hydrogens (primary N) is 2. The molecule has 1 rings (SSSR count). The lowest BCUT2D eigenvalue weighted by molar-refractivity contribution is -0.144. The van der Waals surface area contributed by atoms with Gasteiger partial charge < -0.3 is 37.2 Å². The molecule has 1 aliphatic rings. The van der Waals surface area contributed by atoms with Gasteiger partial charge in [0.05, 0.1) is 12.5 Å². The number of primary amides is 1. The Hall–Kier alpha value is -2.87. The van der Waals surface area contributed by atoms with Gasteiger partial charge in [-0.15, -0.1) is 0 Å². The van der Waals surface area contributed by atoms with Gasteiger partial charge in [0.15, 0.2) is 0 Å². The lowest BCUT2D eigenvalue weighted by Crippen LogP contribution is -2.57. The zero-order valence-electron chi connectivity index (χ0n) is 16.7. The number of rotatable bonds is 12. The molecule has 1 heterocycles. The van der Waals surface area contributed by atoms with Gasteiger partial charge in [-0.1, -0.05) is 0 Å². The largest absolute Gasteiger partial charge is 0.481 e. The maximum Gasteiger partial charge on any atom is 0.326 e. The predicted octanol–water partition coefficient (Wildman–Crippen LogP) is -2.97. The number of carbonyl (C=O) groups excluding carboxylic acids is 4. The molecule has 0 saturated carbocycles. The van der Waals surface area contributed by atoms with Crippen LogP contribution in [0.25, 0.3) is 0 Å². The fourth-order valence-corrected chi connectivity index (χ4v) is 3.33. The molecule has 0 aromatic carbocycles. The Morgan fingerprint density at radius 2 is 1.74 bits per heavy atom. The first-order valence-electron chi connectivity index (χ1n) is 9.48. The second-order valence-corrected chi connectivity index (χ2v) is 7.41. The van der Waals surface area contributed by atoms with Gasteiger partial charge in [-0.2, -0.15) is 12.6 Å². The number of hydrogen-bond acceptors (Lipinski definition) is 8. The molecule has 8 N–H and O–H groups in total. The number of carboxylic acids is 2. The first-order valence-corrected chi connectivity index (χ1v) is 10.1. The average molecular weight is 461 g/mol. The number of hydrogen-bond donors (Lipinski definition) is 7. The molecule has 4 atom stereocenters. The molecule has 174 valence electrons. The van der Waals surface area contributed by atoms with E-state index in [2.05, 4.69) is 23.3 Å². The molecule has 31 heavy (non-hydrogen) atoms. The highest BCUT2D eigenvalue weighted by molar-refractivity contribution is 7.80. The van der Waals surface area contributed by atoms with Crippen molar-refractivity contribution in [2.75, 3.05) is 12.3 Å². The lowest BCUT2D eigenvalue weighted by Gasteiger charge is -2.28. The van der Waals surface area contributed by atoms with Crippen molar-refractivity contribution < 1.29 is 39.0 Å². The molecule has 0 radical (unpaired) electrons.